The van der Waals surface area contributed by atoms with Gasteiger partial charge in [0.25, 0.3) is 5.91 Å². The third-order valence-corrected chi connectivity index (χ3v) is 3.28. The number of ether oxygens (including phenoxy) is 1. The van der Waals surface area contributed by atoms with Crippen molar-refractivity contribution in [3.8, 4) is 5.75 Å². The van der Waals surface area contributed by atoms with Crippen molar-refractivity contribution >= 4 is 34.2 Å². The van der Waals surface area contributed by atoms with Crippen LogP contribution in [0.3, 0.4) is 0 Å². The van der Waals surface area contributed by atoms with Gasteiger partial charge < -0.3 is 20.2 Å². The fourth-order valence-corrected chi connectivity index (χ4v) is 1.92. The van der Waals surface area contributed by atoms with Crippen molar-refractivity contribution in [3.05, 3.63) is 52.4 Å². The van der Waals surface area contributed by atoms with Gasteiger partial charge in [0.05, 0.1) is 0 Å². The van der Waals surface area contributed by atoms with E-state index in [1.807, 2.05) is 24.3 Å². The number of nitrogens with two attached hydrogens (primary N) is 1. The van der Waals surface area contributed by atoms with Gasteiger partial charge in [-0.2, -0.15) is 0 Å². The van der Waals surface area contributed by atoms with Crippen LogP contribution in [0, 0.1) is 0 Å². The van der Waals surface area contributed by atoms with Crippen LogP contribution in [0.25, 0.3) is 0 Å². The number of carbonyl (C=O) groups is 1. The van der Waals surface area contributed by atoms with E-state index in [0.29, 0.717) is 18.8 Å². The molecule has 1 amide bonds. The highest BCUT2D eigenvalue weighted by atomic mass is 79.9. The average molecular weight is 390 g/mol. The van der Waals surface area contributed by atoms with Gasteiger partial charge in [0.1, 0.15) is 18.1 Å². The quantitative estimate of drug-likeness (QED) is 0.713. The second-order valence-electron chi connectivity index (χ2n) is 4.41. The molecule has 0 fully saturated rings. The third kappa shape index (κ3) is 5.71. The van der Waals surface area contributed by atoms with Gasteiger partial charge in [0, 0.05) is 11.0 Å². The summed E-state index contributed by atoms with van der Waals surface area (Å²) in [6.07, 6.45) is 0.742. The van der Waals surface area contributed by atoms with Gasteiger partial charge in [-0.15, -0.1) is 12.4 Å². The Bertz CT molecular complexity index is 587. The van der Waals surface area contributed by atoms with Crippen LogP contribution in [0.5, 0.6) is 5.75 Å². The molecule has 0 atom stereocenters. The minimum Gasteiger partial charge on any atom is -0.486 e. The highest BCUT2D eigenvalue weighted by Crippen LogP contribution is 2.18. The summed E-state index contributed by atoms with van der Waals surface area (Å²) in [5.41, 5.74) is 5.37. The van der Waals surface area contributed by atoms with Crippen LogP contribution in [-0.4, -0.2) is 19.0 Å². The van der Waals surface area contributed by atoms with E-state index in [1.54, 1.807) is 12.1 Å². The lowest BCUT2D eigenvalue weighted by Crippen LogP contribution is -2.25. The Morgan fingerprint density at radius 2 is 1.95 bits per heavy atom. The van der Waals surface area contributed by atoms with Crippen LogP contribution >= 0.6 is 28.3 Å². The van der Waals surface area contributed by atoms with Gasteiger partial charge in [-0.1, -0.05) is 15.9 Å². The number of benzene rings is 1. The highest BCUT2D eigenvalue weighted by molar-refractivity contribution is 9.10. The maximum absolute atomic E-state index is 11.8. The molecule has 2 aromatic rings. The second-order valence-corrected chi connectivity index (χ2v) is 5.32. The molecule has 0 aliphatic rings. The number of carbonyl (C=O) groups excluding carboxylic acids is 1. The summed E-state index contributed by atoms with van der Waals surface area (Å²) in [5, 5.41) is 2.73. The number of halogens is 2. The van der Waals surface area contributed by atoms with Crippen LogP contribution < -0.4 is 15.8 Å². The largest absolute Gasteiger partial charge is 0.486 e. The molecule has 7 heteroatoms. The van der Waals surface area contributed by atoms with Crippen molar-refractivity contribution in [2.45, 2.75) is 13.0 Å². The molecule has 22 heavy (non-hydrogen) atoms. The van der Waals surface area contributed by atoms with Crippen molar-refractivity contribution in [2.75, 3.05) is 13.1 Å². The highest BCUT2D eigenvalue weighted by Gasteiger charge is 2.10. The van der Waals surface area contributed by atoms with Gasteiger partial charge >= 0.3 is 0 Å². The van der Waals surface area contributed by atoms with E-state index in [2.05, 4.69) is 21.2 Å². The molecule has 1 aromatic carbocycles. The van der Waals surface area contributed by atoms with Crippen LogP contribution in [0.1, 0.15) is 22.7 Å². The van der Waals surface area contributed by atoms with Crippen LogP contribution in [0.2, 0.25) is 0 Å². The first kappa shape index (κ1) is 18.5. The van der Waals surface area contributed by atoms with Crippen molar-refractivity contribution in [2.24, 2.45) is 5.73 Å². The Balaban J connectivity index is 0.00000242. The molecule has 2 rings (SSSR count). The molecule has 0 bridgehead atoms. The number of hydrogen-bond donors (Lipinski definition) is 2. The minimum atomic E-state index is -0.238. The first-order valence-corrected chi connectivity index (χ1v) is 7.43. The number of amides is 1. The molecule has 0 saturated carbocycles. The molecule has 0 unspecified atom stereocenters. The van der Waals surface area contributed by atoms with E-state index in [0.717, 1.165) is 16.6 Å². The molecular weight excluding hydrogens is 372 g/mol. The number of hydrogen-bond acceptors (Lipinski definition) is 4. The molecule has 3 N–H and O–H groups in total. The molecular formula is C15H18BrClN2O3. The second kappa shape index (κ2) is 9.50. The van der Waals surface area contributed by atoms with E-state index < -0.39 is 0 Å². The van der Waals surface area contributed by atoms with Gasteiger partial charge in [-0.3, -0.25) is 4.79 Å². The summed E-state index contributed by atoms with van der Waals surface area (Å²) in [7, 11) is 0. The molecule has 0 aliphatic carbocycles. The van der Waals surface area contributed by atoms with Gasteiger partial charge in [0.15, 0.2) is 5.76 Å². The number of nitrogens with one attached hydrogen (secondary N) is 1. The van der Waals surface area contributed by atoms with Crippen LogP contribution in [0.4, 0.5) is 0 Å². The fourth-order valence-electron chi connectivity index (χ4n) is 1.65. The molecule has 0 aliphatic heterocycles. The van der Waals surface area contributed by atoms with Gasteiger partial charge in [-0.25, -0.2) is 0 Å². The van der Waals surface area contributed by atoms with Crippen molar-refractivity contribution in [1.82, 2.24) is 5.32 Å². The lowest BCUT2D eigenvalue weighted by molar-refractivity contribution is 0.0921. The molecule has 0 spiro atoms. The van der Waals surface area contributed by atoms with Crippen molar-refractivity contribution in [1.29, 1.82) is 0 Å². The Labute approximate surface area is 143 Å². The topological polar surface area (TPSA) is 77.5 Å². The molecule has 0 saturated heterocycles. The Hall–Kier alpha value is -1.50. The summed E-state index contributed by atoms with van der Waals surface area (Å²) in [4.78, 5) is 11.8. The molecule has 1 heterocycles. The minimum absolute atomic E-state index is 0. The molecule has 5 nitrogen and oxygen atoms in total. The Morgan fingerprint density at radius 1 is 1.23 bits per heavy atom. The number of rotatable bonds is 7. The summed E-state index contributed by atoms with van der Waals surface area (Å²) >= 11 is 3.36. The third-order valence-electron chi connectivity index (χ3n) is 2.75. The van der Waals surface area contributed by atoms with Gasteiger partial charge in [-0.05, 0) is 49.4 Å². The standard InChI is InChI=1S/C15H17BrN2O3.ClH/c16-11-2-4-12(5-3-11)20-10-13-6-7-14(21-13)15(19)18-9-1-8-17;/h2-7H,1,8-10,17H2,(H,18,19);1H. The maximum atomic E-state index is 11.8. The Morgan fingerprint density at radius 3 is 2.64 bits per heavy atom. The smallest absolute Gasteiger partial charge is 0.286 e. The summed E-state index contributed by atoms with van der Waals surface area (Å²) < 4.78 is 12.0. The first-order chi connectivity index (χ1) is 10.2. The van der Waals surface area contributed by atoms with Crippen LogP contribution in [0.15, 0.2) is 45.3 Å². The zero-order valence-corrected chi connectivity index (χ0v) is 14.3. The summed E-state index contributed by atoms with van der Waals surface area (Å²) in [6, 6.07) is 10.9. The number of furan rings is 1. The predicted molar refractivity (Wildman–Crippen MR) is 90.4 cm³/mol. The lowest BCUT2D eigenvalue weighted by Gasteiger charge is -2.04. The molecule has 1 aromatic heterocycles. The van der Waals surface area contributed by atoms with E-state index in [9.17, 15) is 4.79 Å². The molecule has 0 radical (unpaired) electrons. The fraction of sp³-hybridized carbons (Fsp3) is 0.267. The van der Waals surface area contributed by atoms with E-state index >= 15 is 0 Å². The van der Waals surface area contributed by atoms with Gasteiger partial charge in [0.2, 0.25) is 0 Å². The summed E-state index contributed by atoms with van der Waals surface area (Å²) in [6.45, 7) is 1.36. The van der Waals surface area contributed by atoms with Crippen LogP contribution in [-0.2, 0) is 6.61 Å². The lowest BCUT2D eigenvalue weighted by atomic mass is 10.3. The summed E-state index contributed by atoms with van der Waals surface area (Å²) in [5.74, 6) is 1.38. The van der Waals surface area contributed by atoms with Crippen molar-refractivity contribution in [3.63, 3.8) is 0 Å². The van der Waals surface area contributed by atoms with Crippen molar-refractivity contribution < 1.29 is 13.9 Å². The first-order valence-electron chi connectivity index (χ1n) is 6.64. The molecule has 120 valence electrons. The van der Waals surface area contributed by atoms with E-state index in [-0.39, 0.29) is 30.7 Å². The SMILES string of the molecule is Cl.NCCCNC(=O)c1ccc(COc2ccc(Br)cc2)o1. The average Bonchev–Trinajstić information content (AvgIpc) is 2.96. The van der Waals surface area contributed by atoms with E-state index in [1.165, 1.54) is 0 Å². The van der Waals surface area contributed by atoms with E-state index in [4.69, 9.17) is 14.9 Å². The maximum Gasteiger partial charge on any atom is 0.286 e. The Kier molecular flexibility index (Phi) is 8.01. The predicted octanol–water partition coefficient (Wildman–Crippen LogP) is 3.12. The zero-order chi connectivity index (χ0) is 15.1. The zero-order valence-electron chi connectivity index (χ0n) is 11.9. The monoisotopic (exact) mass is 388 g/mol. The normalized spacial score (nSPS) is 9.91.